The van der Waals surface area contributed by atoms with Gasteiger partial charge in [0, 0.05) is 12.5 Å². The smallest absolute Gasteiger partial charge is 0.123 e. The minimum atomic E-state index is -0.175. The molecule has 1 N–H and O–H groups in total. The van der Waals surface area contributed by atoms with E-state index in [1.807, 2.05) is 13.1 Å². The van der Waals surface area contributed by atoms with Crippen LogP contribution in [0.2, 0.25) is 0 Å². The molecule has 0 heterocycles. The molecule has 1 unspecified atom stereocenters. The SMILES string of the molecule is CNCC(COc1ccc2c(c1)CCCC2)Cc1cccc(F)c1.Cl. The first-order chi connectivity index (χ1) is 11.7. The molecule has 0 radical (unpaired) electrons. The maximum absolute atomic E-state index is 13.4. The number of nitrogens with one attached hydrogen (secondary N) is 1. The Morgan fingerprint density at radius 2 is 1.88 bits per heavy atom. The molecule has 0 fully saturated rings. The Hall–Kier alpha value is -1.58. The Morgan fingerprint density at radius 3 is 2.64 bits per heavy atom. The molecule has 2 aromatic carbocycles. The molecule has 0 spiro atoms. The van der Waals surface area contributed by atoms with Gasteiger partial charge in [0.15, 0.2) is 0 Å². The summed E-state index contributed by atoms with van der Waals surface area (Å²) in [6.45, 7) is 1.48. The summed E-state index contributed by atoms with van der Waals surface area (Å²) in [6, 6.07) is 13.3. The Kier molecular flexibility index (Phi) is 7.73. The summed E-state index contributed by atoms with van der Waals surface area (Å²) in [5.74, 6) is 1.09. The third kappa shape index (κ3) is 5.72. The second kappa shape index (κ2) is 9.79. The van der Waals surface area contributed by atoms with E-state index in [1.165, 1.54) is 36.5 Å². The second-order valence-electron chi connectivity index (χ2n) is 6.71. The van der Waals surface area contributed by atoms with Gasteiger partial charge < -0.3 is 10.1 Å². The van der Waals surface area contributed by atoms with Crippen LogP contribution in [0.5, 0.6) is 5.75 Å². The lowest BCUT2D eigenvalue weighted by Crippen LogP contribution is -2.26. The van der Waals surface area contributed by atoms with Gasteiger partial charge >= 0.3 is 0 Å². The summed E-state index contributed by atoms with van der Waals surface area (Å²) >= 11 is 0. The molecule has 2 aromatic rings. The van der Waals surface area contributed by atoms with Crippen LogP contribution in [-0.2, 0) is 19.3 Å². The van der Waals surface area contributed by atoms with Crippen LogP contribution in [0.1, 0.15) is 29.5 Å². The second-order valence-corrected chi connectivity index (χ2v) is 6.71. The summed E-state index contributed by atoms with van der Waals surface area (Å²) in [4.78, 5) is 0. The fourth-order valence-electron chi connectivity index (χ4n) is 3.49. The molecule has 0 saturated heterocycles. The summed E-state index contributed by atoms with van der Waals surface area (Å²) in [5.41, 5.74) is 3.93. The quantitative estimate of drug-likeness (QED) is 0.777. The molecule has 25 heavy (non-hydrogen) atoms. The van der Waals surface area contributed by atoms with E-state index in [4.69, 9.17) is 4.74 Å². The third-order valence-corrected chi connectivity index (χ3v) is 4.71. The molecular weight excluding hydrogens is 337 g/mol. The van der Waals surface area contributed by atoms with Gasteiger partial charge in [0.2, 0.25) is 0 Å². The Bertz CT molecular complexity index is 677. The predicted octanol–water partition coefficient (Wildman–Crippen LogP) is 4.58. The van der Waals surface area contributed by atoms with Crippen molar-refractivity contribution in [1.29, 1.82) is 0 Å². The van der Waals surface area contributed by atoms with E-state index in [1.54, 1.807) is 12.1 Å². The average molecular weight is 364 g/mol. The zero-order valence-corrected chi connectivity index (χ0v) is 15.6. The zero-order valence-electron chi connectivity index (χ0n) is 14.8. The van der Waals surface area contributed by atoms with Crippen LogP contribution in [-0.4, -0.2) is 20.2 Å². The van der Waals surface area contributed by atoms with Gasteiger partial charge in [0.05, 0.1) is 6.61 Å². The van der Waals surface area contributed by atoms with Crippen molar-refractivity contribution in [3.8, 4) is 5.75 Å². The largest absolute Gasteiger partial charge is 0.493 e. The number of hydrogen-bond acceptors (Lipinski definition) is 2. The van der Waals surface area contributed by atoms with Crippen LogP contribution in [0, 0.1) is 11.7 Å². The van der Waals surface area contributed by atoms with Gasteiger partial charge in [-0.15, -0.1) is 12.4 Å². The standard InChI is InChI=1S/C21H26FNO.ClH/c1-23-14-17(11-16-5-4-8-20(22)12-16)15-24-21-10-9-18-6-2-3-7-19(18)13-21;/h4-5,8-10,12-13,17,23H,2-3,6-7,11,14-15H2,1H3;1H. The van der Waals surface area contributed by atoms with Crippen LogP contribution >= 0.6 is 12.4 Å². The molecule has 136 valence electrons. The lowest BCUT2D eigenvalue weighted by Gasteiger charge is -2.20. The lowest BCUT2D eigenvalue weighted by atomic mass is 9.92. The van der Waals surface area contributed by atoms with Crippen LogP contribution in [0.3, 0.4) is 0 Å². The molecule has 1 aliphatic carbocycles. The highest BCUT2D eigenvalue weighted by atomic mass is 35.5. The van der Waals surface area contributed by atoms with Crippen molar-refractivity contribution >= 4 is 12.4 Å². The average Bonchev–Trinajstić information content (AvgIpc) is 2.60. The minimum Gasteiger partial charge on any atom is -0.493 e. The van der Waals surface area contributed by atoms with Crippen molar-refractivity contribution in [2.45, 2.75) is 32.1 Å². The summed E-state index contributed by atoms with van der Waals surface area (Å²) < 4.78 is 19.4. The van der Waals surface area contributed by atoms with Crippen molar-refractivity contribution in [2.75, 3.05) is 20.2 Å². The van der Waals surface area contributed by atoms with Gasteiger partial charge in [-0.3, -0.25) is 0 Å². The normalized spacial score (nSPS) is 14.3. The first-order valence-electron chi connectivity index (χ1n) is 8.88. The highest BCUT2D eigenvalue weighted by Gasteiger charge is 2.13. The van der Waals surface area contributed by atoms with E-state index in [0.717, 1.165) is 30.7 Å². The fraction of sp³-hybridized carbons (Fsp3) is 0.429. The molecule has 0 aromatic heterocycles. The molecule has 0 saturated carbocycles. The molecule has 2 nitrogen and oxygen atoms in total. The molecule has 1 aliphatic rings. The zero-order chi connectivity index (χ0) is 16.8. The van der Waals surface area contributed by atoms with Crippen molar-refractivity contribution in [2.24, 2.45) is 5.92 Å². The predicted molar refractivity (Wildman–Crippen MR) is 103 cm³/mol. The number of aryl methyl sites for hydroxylation is 2. The monoisotopic (exact) mass is 363 g/mol. The number of hydrogen-bond donors (Lipinski definition) is 1. The fourth-order valence-corrected chi connectivity index (χ4v) is 3.49. The van der Waals surface area contributed by atoms with Gasteiger partial charge in [-0.05, 0) is 80.1 Å². The van der Waals surface area contributed by atoms with Gasteiger partial charge in [-0.2, -0.15) is 0 Å². The highest BCUT2D eigenvalue weighted by molar-refractivity contribution is 5.85. The van der Waals surface area contributed by atoms with Gasteiger partial charge in [0.25, 0.3) is 0 Å². The number of fused-ring (bicyclic) bond motifs is 1. The summed E-state index contributed by atoms with van der Waals surface area (Å²) in [6.07, 6.45) is 5.74. The van der Waals surface area contributed by atoms with Crippen molar-refractivity contribution in [1.82, 2.24) is 5.32 Å². The molecule has 0 aliphatic heterocycles. The first-order valence-corrected chi connectivity index (χ1v) is 8.88. The van der Waals surface area contributed by atoms with Crippen LogP contribution in [0.15, 0.2) is 42.5 Å². The summed E-state index contributed by atoms with van der Waals surface area (Å²) in [5, 5.41) is 3.22. The number of benzene rings is 2. The minimum absolute atomic E-state index is 0. The van der Waals surface area contributed by atoms with E-state index in [-0.39, 0.29) is 18.2 Å². The molecule has 0 bridgehead atoms. The first kappa shape index (κ1) is 19.7. The van der Waals surface area contributed by atoms with Crippen LogP contribution < -0.4 is 10.1 Å². The van der Waals surface area contributed by atoms with Gasteiger partial charge in [-0.1, -0.05) is 18.2 Å². The van der Waals surface area contributed by atoms with Crippen LogP contribution in [0.25, 0.3) is 0 Å². The molecular formula is C21H27ClFNO. The van der Waals surface area contributed by atoms with Crippen LogP contribution in [0.4, 0.5) is 4.39 Å². The maximum Gasteiger partial charge on any atom is 0.123 e. The number of halogens is 2. The highest BCUT2D eigenvalue weighted by Crippen LogP contribution is 2.25. The van der Waals surface area contributed by atoms with Gasteiger partial charge in [0.1, 0.15) is 11.6 Å². The van der Waals surface area contributed by atoms with E-state index < -0.39 is 0 Å². The Balaban J connectivity index is 0.00000225. The topological polar surface area (TPSA) is 21.3 Å². The molecule has 3 rings (SSSR count). The van der Waals surface area contributed by atoms with Crippen molar-refractivity contribution < 1.29 is 9.13 Å². The molecule has 4 heteroatoms. The molecule has 1 atom stereocenters. The van der Waals surface area contributed by atoms with E-state index in [0.29, 0.717) is 12.5 Å². The number of ether oxygens (including phenoxy) is 1. The Labute approximate surface area is 156 Å². The van der Waals surface area contributed by atoms with E-state index >= 15 is 0 Å². The molecule has 0 amide bonds. The maximum atomic E-state index is 13.4. The Morgan fingerprint density at radius 1 is 1.08 bits per heavy atom. The number of rotatable bonds is 7. The third-order valence-electron chi connectivity index (χ3n) is 4.71. The van der Waals surface area contributed by atoms with Gasteiger partial charge in [-0.25, -0.2) is 4.39 Å². The summed E-state index contributed by atoms with van der Waals surface area (Å²) in [7, 11) is 1.94. The van der Waals surface area contributed by atoms with Crippen molar-refractivity contribution in [3.05, 3.63) is 65.0 Å². The van der Waals surface area contributed by atoms with Crippen molar-refractivity contribution in [3.63, 3.8) is 0 Å². The van der Waals surface area contributed by atoms with E-state index in [9.17, 15) is 4.39 Å². The lowest BCUT2D eigenvalue weighted by molar-refractivity contribution is 0.245. The van der Waals surface area contributed by atoms with E-state index in [2.05, 4.69) is 23.5 Å².